The van der Waals surface area contributed by atoms with Gasteiger partial charge >= 0.3 is 5.97 Å². The summed E-state index contributed by atoms with van der Waals surface area (Å²) in [4.78, 5) is 10.9. The van der Waals surface area contributed by atoms with E-state index >= 15 is 0 Å². The number of carboxylic acid groups (broad SMARTS) is 1. The van der Waals surface area contributed by atoms with Crippen LogP contribution in [0.3, 0.4) is 0 Å². The molecule has 5 nitrogen and oxygen atoms in total. The monoisotopic (exact) mass is 259 g/mol. The molecule has 2 rings (SSSR count). The second-order valence-electron chi connectivity index (χ2n) is 3.79. The SMILES string of the molecule is C/C=C/c1ccccc1OCc1oncc1C(=O)O. The Morgan fingerprint density at radius 2 is 2.26 bits per heavy atom. The van der Waals surface area contributed by atoms with E-state index in [-0.39, 0.29) is 17.9 Å². The first-order valence-electron chi connectivity index (χ1n) is 5.73. The highest BCUT2D eigenvalue weighted by Gasteiger charge is 2.15. The van der Waals surface area contributed by atoms with Gasteiger partial charge in [-0.25, -0.2) is 4.79 Å². The molecule has 0 bridgehead atoms. The summed E-state index contributed by atoms with van der Waals surface area (Å²) in [7, 11) is 0. The van der Waals surface area contributed by atoms with Crippen LogP contribution in [-0.2, 0) is 6.61 Å². The van der Waals surface area contributed by atoms with Crippen LogP contribution < -0.4 is 4.74 Å². The molecule has 0 amide bonds. The Bertz CT molecular complexity index is 601. The molecule has 0 aliphatic rings. The zero-order valence-corrected chi connectivity index (χ0v) is 10.4. The molecule has 1 heterocycles. The number of benzene rings is 1. The van der Waals surface area contributed by atoms with Crippen molar-refractivity contribution in [3.63, 3.8) is 0 Å². The fourth-order valence-corrected chi connectivity index (χ4v) is 1.61. The van der Waals surface area contributed by atoms with Gasteiger partial charge in [0.1, 0.15) is 17.9 Å². The van der Waals surface area contributed by atoms with Crippen molar-refractivity contribution in [3.05, 3.63) is 53.4 Å². The molecule has 0 fully saturated rings. The average Bonchev–Trinajstić information content (AvgIpc) is 2.86. The summed E-state index contributed by atoms with van der Waals surface area (Å²) in [6, 6.07) is 7.47. The molecule has 19 heavy (non-hydrogen) atoms. The van der Waals surface area contributed by atoms with Crippen LogP contribution in [0, 0.1) is 0 Å². The first-order valence-corrected chi connectivity index (χ1v) is 5.73. The second-order valence-corrected chi connectivity index (χ2v) is 3.79. The number of hydrogen-bond donors (Lipinski definition) is 1. The van der Waals surface area contributed by atoms with Gasteiger partial charge in [0.25, 0.3) is 0 Å². The summed E-state index contributed by atoms with van der Waals surface area (Å²) in [5.74, 6) is -0.224. The van der Waals surface area contributed by atoms with E-state index in [9.17, 15) is 4.79 Å². The van der Waals surface area contributed by atoms with Gasteiger partial charge in [-0.2, -0.15) is 0 Å². The van der Waals surface area contributed by atoms with E-state index in [0.717, 1.165) is 5.56 Å². The Hall–Kier alpha value is -2.56. The van der Waals surface area contributed by atoms with E-state index in [2.05, 4.69) is 5.16 Å². The number of nitrogens with zero attached hydrogens (tertiary/aromatic N) is 1. The molecular weight excluding hydrogens is 246 g/mol. The van der Waals surface area contributed by atoms with E-state index in [0.29, 0.717) is 5.75 Å². The van der Waals surface area contributed by atoms with Gasteiger partial charge in [0.2, 0.25) is 0 Å². The van der Waals surface area contributed by atoms with Gasteiger partial charge in [-0.15, -0.1) is 0 Å². The Morgan fingerprint density at radius 3 is 3.00 bits per heavy atom. The summed E-state index contributed by atoms with van der Waals surface area (Å²) in [5.41, 5.74) is 0.935. The number of aromatic nitrogens is 1. The van der Waals surface area contributed by atoms with Gasteiger partial charge in [0.15, 0.2) is 5.76 Å². The van der Waals surface area contributed by atoms with Crippen molar-refractivity contribution >= 4 is 12.0 Å². The molecule has 98 valence electrons. The Morgan fingerprint density at radius 1 is 1.47 bits per heavy atom. The standard InChI is InChI=1S/C14H13NO4/c1-2-5-10-6-3-4-7-12(10)18-9-13-11(14(16)17)8-15-19-13/h2-8H,9H2,1H3,(H,16,17)/b5-2+. The quantitative estimate of drug-likeness (QED) is 0.893. The number of allylic oxidation sites excluding steroid dienone is 1. The first kappa shape index (κ1) is 12.9. The lowest BCUT2D eigenvalue weighted by Crippen LogP contribution is -2.03. The number of carbonyl (C=O) groups is 1. The lowest BCUT2D eigenvalue weighted by molar-refractivity contribution is 0.0691. The molecular formula is C14H13NO4. The third-order valence-corrected chi connectivity index (χ3v) is 2.50. The Labute approximate surface area is 110 Å². The van der Waals surface area contributed by atoms with Crippen LogP contribution in [0.4, 0.5) is 0 Å². The average molecular weight is 259 g/mol. The molecule has 0 saturated carbocycles. The number of aromatic carboxylic acids is 1. The fourth-order valence-electron chi connectivity index (χ4n) is 1.61. The minimum Gasteiger partial charge on any atom is -0.485 e. The lowest BCUT2D eigenvalue weighted by atomic mass is 10.2. The molecule has 0 aliphatic heterocycles. The first-order chi connectivity index (χ1) is 9.22. The largest absolute Gasteiger partial charge is 0.485 e. The molecule has 1 aromatic carbocycles. The van der Waals surface area contributed by atoms with Crippen molar-refractivity contribution in [3.8, 4) is 5.75 Å². The minimum absolute atomic E-state index is 0.0171. The minimum atomic E-state index is -1.08. The second kappa shape index (κ2) is 5.86. The van der Waals surface area contributed by atoms with Crippen molar-refractivity contribution in [2.24, 2.45) is 0 Å². The van der Waals surface area contributed by atoms with Gasteiger partial charge in [-0.1, -0.05) is 35.5 Å². The van der Waals surface area contributed by atoms with Crippen LogP contribution in [0.15, 0.2) is 41.1 Å². The predicted octanol–water partition coefficient (Wildman–Crippen LogP) is 2.98. The van der Waals surface area contributed by atoms with E-state index in [1.54, 1.807) is 0 Å². The number of carboxylic acids is 1. The molecule has 2 aromatic rings. The lowest BCUT2D eigenvalue weighted by Gasteiger charge is -2.07. The van der Waals surface area contributed by atoms with Crippen molar-refractivity contribution < 1.29 is 19.2 Å². The molecule has 1 N–H and O–H groups in total. The predicted molar refractivity (Wildman–Crippen MR) is 68.9 cm³/mol. The molecule has 0 saturated heterocycles. The highest BCUT2D eigenvalue weighted by atomic mass is 16.5. The number of rotatable bonds is 5. The van der Waals surface area contributed by atoms with Gasteiger partial charge in [-0.3, -0.25) is 0 Å². The third-order valence-electron chi connectivity index (χ3n) is 2.50. The highest BCUT2D eigenvalue weighted by Crippen LogP contribution is 2.21. The third kappa shape index (κ3) is 3.01. The number of ether oxygens (including phenoxy) is 1. The van der Waals surface area contributed by atoms with Crippen LogP contribution in [0.1, 0.15) is 28.6 Å². The van der Waals surface area contributed by atoms with Crippen LogP contribution in [0.25, 0.3) is 6.08 Å². The van der Waals surface area contributed by atoms with Gasteiger partial charge in [-0.05, 0) is 13.0 Å². The van der Waals surface area contributed by atoms with E-state index in [1.807, 2.05) is 43.3 Å². The highest BCUT2D eigenvalue weighted by molar-refractivity contribution is 5.88. The van der Waals surface area contributed by atoms with E-state index in [1.165, 1.54) is 6.20 Å². The van der Waals surface area contributed by atoms with Crippen molar-refractivity contribution in [2.45, 2.75) is 13.5 Å². The summed E-state index contributed by atoms with van der Waals surface area (Å²) < 4.78 is 10.5. The molecule has 5 heteroatoms. The molecule has 0 aliphatic carbocycles. The molecule has 0 radical (unpaired) electrons. The summed E-state index contributed by atoms with van der Waals surface area (Å²) in [6.45, 7) is 1.94. The Balaban J connectivity index is 2.14. The normalized spacial score (nSPS) is 10.8. The Kier molecular flexibility index (Phi) is 3.97. The van der Waals surface area contributed by atoms with Crippen LogP contribution in [0.2, 0.25) is 0 Å². The van der Waals surface area contributed by atoms with Crippen LogP contribution in [-0.4, -0.2) is 16.2 Å². The maximum absolute atomic E-state index is 10.9. The molecule has 0 unspecified atom stereocenters. The van der Waals surface area contributed by atoms with Crippen molar-refractivity contribution in [2.75, 3.05) is 0 Å². The smallest absolute Gasteiger partial charge is 0.341 e. The zero-order valence-electron chi connectivity index (χ0n) is 10.4. The van der Waals surface area contributed by atoms with E-state index in [4.69, 9.17) is 14.4 Å². The van der Waals surface area contributed by atoms with Gasteiger partial charge in [0, 0.05) is 5.56 Å². The van der Waals surface area contributed by atoms with Crippen molar-refractivity contribution in [1.82, 2.24) is 5.16 Å². The van der Waals surface area contributed by atoms with Gasteiger partial charge in [0.05, 0.1) is 6.20 Å². The van der Waals surface area contributed by atoms with Crippen LogP contribution in [0.5, 0.6) is 5.75 Å². The maximum Gasteiger partial charge on any atom is 0.341 e. The molecule has 0 atom stereocenters. The topological polar surface area (TPSA) is 72.6 Å². The van der Waals surface area contributed by atoms with Crippen LogP contribution >= 0.6 is 0 Å². The molecule has 1 aromatic heterocycles. The number of para-hydroxylation sites is 1. The number of hydrogen-bond acceptors (Lipinski definition) is 4. The maximum atomic E-state index is 10.9. The van der Waals surface area contributed by atoms with Crippen molar-refractivity contribution in [1.29, 1.82) is 0 Å². The fraction of sp³-hybridized carbons (Fsp3) is 0.143. The zero-order chi connectivity index (χ0) is 13.7. The summed E-state index contributed by atoms with van der Waals surface area (Å²) >= 11 is 0. The summed E-state index contributed by atoms with van der Waals surface area (Å²) in [6.07, 6.45) is 4.98. The van der Waals surface area contributed by atoms with Gasteiger partial charge < -0.3 is 14.4 Å². The van der Waals surface area contributed by atoms with E-state index < -0.39 is 5.97 Å². The molecule has 0 spiro atoms. The summed E-state index contributed by atoms with van der Waals surface area (Å²) in [5, 5.41) is 12.4.